The molecule has 39 heavy (non-hydrogen) atoms. The molecule has 0 saturated carbocycles. The number of amides is 1. The van der Waals surface area contributed by atoms with Gasteiger partial charge in [-0.2, -0.15) is 9.78 Å². The number of carbonyl (C=O) groups excluding carboxylic acids is 1. The molecule has 4 aromatic rings. The highest BCUT2D eigenvalue weighted by molar-refractivity contribution is 9.10. The van der Waals surface area contributed by atoms with Crippen LogP contribution in [0.3, 0.4) is 0 Å². The second-order valence-corrected chi connectivity index (χ2v) is 10.5. The molecule has 0 bridgehead atoms. The van der Waals surface area contributed by atoms with E-state index in [4.69, 9.17) is 9.47 Å². The van der Waals surface area contributed by atoms with Crippen LogP contribution in [0.15, 0.2) is 73.4 Å². The smallest absolute Gasteiger partial charge is 0.282 e. The number of nitrogens with one attached hydrogen (secondary N) is 1. The van der Waals surface area contributed by atoms with Crippen molar-refractivity contribution in [2.24, 2.45) is 5.10 Å². The number of hydrogen-bond acceptors (Lipinski definition) is 6. The first-order valence-corrected chi connectivity index (χ1v) is 13.7. The van der Waals surface area contributed by atoms with Crippen LogP contribution >= 0.6 is 31.9 Å². The van der Waals surface area contributed by atoms with Crippen LogP contribution in [0.1, 0.15) is 38.1 Å². The molecule has 0 atom stereocenters. The number of anilines is 1. The lowest BCUT2D eigenvalue weighted by atomic mass is 10.2. The van der Waals surface area contributed by atoms with Gasteiger partial charge in [0.15, 0.2) is 18.1 Å². The largest absolute Gasteiger partial charge is 0.490 e. The van der Waals surface area contributed by atoms with Crippen LogP contribution < -0.4 is 20.3 Å². The first-order chi connectivity index (χ1) is 18.7. The number of carbonyl (C=O) groups is 1. The number of nitrogens with zero attached hydrogens (tertiary/aromatic N) is 3. The lowest BCUT2D eigenvalue weighted by Gasteiger charge is -2.14. The minimum atomic E-state index is -0.541. The maximum absolute atomic E-state index is 13.8. The summed E-state index contributed by atoms with van der Waals surface area (Å²) in [6, 6.07) is 14.6. The van der Waals surface area contributed by atoms with Gasteiger partial charge in [-0.15, -0.1) is 0 Å². The Morgan fingerprint density at radius 3 is 2.59 bits per heavy atom. The highest BCUT2D eigenvalue weighted by Gasteiger charge is 2.16. The number of fused-ring (bicyclic) bond motifs is 1. The molecule has 0 aliphatic carbocycles. The monoisotopic (exact) mass is 658 g/mol. The van der Waals surface area contributed by atoms with Crippen molar-refractivity contribution >= 4 is 60.6 Å². The van der Waals surface area contributed by atoms with E-state index in [1.54, 1.807) is 30.3 Å². The van der Waals surface area contributed by atoms with Gasteiger partial charge in [0.2, 0.25) is 0 Å². The lowest BCUT2D eigenvalue weighted by molar-refractivity contribution is -0.118. The van der Waals surface area contributed by atoms with Gasteiger partial charge in [0.05, 0.1) is 29.4 Å². The van der Waals surface area contributed by atoms with Gasteiger partial charge in [-0.05, 0) is 65.3 Å². The molecule has 1 amide bonds. The minimum absolute atomic E-state index is 0.0587. The summed E-state index contributed by atoms with van der Waals surface area (Å²) in [7, 11) is 0. The van der Waals surface area contributed by atoms with E-state index in [2.05, 4.69) is 47.3 Å². The molecule has 1 N–H and O–H groups in total. The Labute approximate surface area is 241 Å². The first kappa shape index (κ1) is 28.4. The summed E-state index contributed by atoms with van der Waals surface area (Å²) in [4.78, 5) is 30.3. The predicted molar refractivity (Wildman–Crippen MR) is 157 cm³/mol. The molecular weight excluding hydrogens is 635 g/mol. The second kappa shape index (κ2) is 12.5. The van der Waals surface area contributed by atoms with Crippen LogP contribution in [0.25, 0.3) is 10.9 Å². The molecule has 0 saturated heterocycles. The van der Waals surface area contributed by atoms with Gasteiger partial charge < -0.3 is 14.8 Å². The maximum atomic E-state index is 13.8. The van der Waals surface area contributed by atoms with Crippen molar-refractivity contribution < 1.29 is 18.7 Å². The highest BCUT2D eigenvalue weighted by atomic mass is 79.9. The Bertz CT molecular complexity index is 1620. The van der Waals surface area contributed by atoms with E-state index in [-0.39, 0.29) is 23.8 Å². The van der Waals surface area contributed by atoms with Crippen molar-refractivity contribution in [2.45, 2.75) is 26.7 Å². The van der Waals surface area contributed by atoms with Crippen molar-refractivity contribution in [3.63, 3.8) is 0 Å². The quantitative estimate of drug-likeness (QED) is 0.208. The Kier molecular flexibility index (Phi) is 9.13. The van der Waals surface area contributed by atoms with Crippen LogP contribution in [-0.4, -0.2) is 35.0 Å². The fourth-order valence-corrected chi connectivity index (χ4v) is 4.48. The van der Waals surface area contributed by atoms with Gasteiger partial charge in [-0.1, -0.05) is 41.9 Å². The molecule has 0 unspecified atom stereocenters. The highest BCUT2D eigenvalue weighted by Crippen LogP contribution is 2.33. The number of para-hydroxylation sites is 1. The molecule has 202 valence electrons. The van der Waals surface area contributed by atoms with E-state index in [0.29, 0.717) is 44.9 Å². The molecule has 0 fully saturated rings. The number of aromatic nitrogens is 2. The third kappa shape index (κ3) is 6.72. The SMILES string of the molecule is CCOc1cc(C=Nn2c(C(C)C)nc3ccc(Br)cc3c2=O)c(Br)cc1OCC(=O)Nc1ccccc1F. The molecular formula is C28H25Br2FN4O4. The number of halogens is 3. The third-order valence-corrected chi connectivity index (χ3v) is 6.71. The van der Waals surface area contributed by atoms with Gasteiger partial charge in [0.1, 0.15) is 11.6 Å². The number of benzene rings is 3. The minimum Gasteiger partial charge on any atom is -0.490 e. The van der Waals surface area contributed by atoms with Gasteiger partial charge in [-0.25, -0.2) is 9.37 Å². The van der Waals surface area contributed by atoms with Crippen molar-refractivity contribution in [1.82, 2.24) is 9.66 Å². The predicted octanol–water partition coefficient (Wildman–Crippen LogP) is 6.48. The summed E-state index contributed by atoms with van der Waals surface area (Å²) in [5.74, 6) is 0.0749. The number of hydrogen-bond donors (Lipinski definition) is 1. The molecule has 3 aromatic carbocycles. The summed E-state index contributed by atoms with van der Waals surface area (Å²) < 4.78 is 27.9. The molecule has 1 heterocycles. The van der Waals surface area contributed by atoms with E-state index < -0.39 is 11.7 Å². The van der Waals surface area contributed by atoms with Crippen LogP contribution in [0.4, 0.5) is 10.1 Å². The van der Waals surface area contributed by atoms with Crippen LogP contribution in [0, 0.1) is 5.82 Å². The van der Waals surface area contributed by atoms with Gasteiger partial charge in [0, 0.05) is 20.4 Å². The van der Waals surface area contributed by atoms with Gasteiger partial charge in [0.25, 0.3) is 11.5 Å². The second-order valence-electron chi connectivity index (χ2n) is 8.72. The Morgan fingerprint density at radius 2 is 1.87 bits per heavy atom. The van der Waals surface area contributed by atoms with Crippen LogP contribution in [0.5, 0.6) is 11.5 Å². The van der Waals surface area contributed by atoms with E-state index >= 15 is 0 Å². The number of ether oxygens (including phenoxy) is 2. The Morgan fingerprint density at radius 1 is 1.13 bits per heavy atom. The zero-order valence-electron chi connectivity index (χ0n) is 21.4. The average Bonchev–Trinajstić information content (AvgIpc) is 2.90. The van der Waals surface area contributed by atoms with Crippen molar-refractivity contribution in [1.29, 1.82) is 0 Å². The zero-order valence-corrected chi connectivity index (χ0v) is 24.5. The van der Waals surface area contributed by atoms with Crippen LogP contribution in [0.2, 0.25) is 0 Å². The molecule has 11 heteroatoms. The lowest BCUT2D eigenvalue weighted by Crippen LogP contribution is -2.23. The molecule has 8 nitrogen and oxygen atoms in total. The molecule has 1 aromatic heterocycles. The Hall–Kier alpha value is -3.57. The van der Waals surface area contributed by atoms with Gasteiger partial charge in [-0.3, -0.25) is 9.59 Å². The third-order valence-electron chi connectivity index (χ3n) is 5.53. The van der Waals surface area contributed by atoms with Crippen LogP contribution in [-0.2, 0) is 4.79 Å². The van der Waals surface area contributed by atoms with E-state index in [9.17, 15) is 14.0 Å². The molecule has 0 radical (unpaired) electrons. The molecule has 0 aliphatic rings. The summed E-state index contributed by atoms with van der Waals surface area (Å²) in [6.45, 7) is 5.68. The fraction of sp³-hybridized carbons (Fsp3) is 0.214. The topological polar surface area (TPSA) is 94.8 Å². The van der Waals surface area contributed by atoms with Crippen molar-refractivity contribution in [3.05, 3.63) is 91.1 Å². The Balaban J connectivity index is 1.62. The standard InChI is InChI=1S/C28H25Br2FN4O4/c1-4-38-24-11-17(20(30)13-25(24)39-15-26(36)33-23-8-6-5-7-21(23)31)14-32-35-27(16(2)3)34-22-10-9-18(29)12-19(22)28(35)37/h5-14,16H,4,15H2,1-3H3,(H,33,36). The maximum Gasteiger partial charge on any atom is 0.282 e. The van der Waals surface area contributed by atoms with E-state index in [1.165, 1.54) is 29.1 Å². The van der Waals surface area contributed by atoms with Crippen molar-refractivity contribution in [3.8, 4) is 11.5 Å². The molecule has 0 aliphatic heterocycles. The summed E-state index contributed by atoms with van der Waals surface area (Å²) in [5, 5.41) is 7.39. The average molecular weight is 660 g/mol. The normalized spacial score (nSPS) is 11.4. The molecule has 0 spiro atoms. The fourth-order valence-electron chi connectivity index (χ4n) is 3.69. The number of rotatable bonds is 9. The summed E-state index contributed by atoms with van der Waals surface area (Å²) in [5.41, 5.74) is 0.981. The van der Waals surface area contributed by atoms with E-state index in [1.807, 2.05) is 26.8 Å². The summed E-state index contributed by atoms with van der Waals surface area (Å²) in [6.07, 6.45) is 1.53. The molecule has 4 rings (SSSR count). The van der Waals surface area contributed by atoms with Gasteiger partial charge >= 0.3 is 0 Å². The van der Waals surface area contributed by atoms with Crippen molar-refractivity contribution in [2.75, 3.05) is 18.5 Å². The van der Waals surface area contributed by atoms with E-state index in [0.717, 1.165) is 4.47 Å². The first-order valence-electron chi connectivity index (χ1n) is 12.1. The zero-order chi connectivity index (χ0) is 28.1. The summed E-state index contributed by atoms with van der Waals surface area (Å²) >= 11 is 6.91.